The lowest BCUT2D eigenvalue weighted by Gasteiger charge is -2.24. The first-order valence-electron chi connectivity index (χ1n) is 6.42. The Hall–Kier alpha value is -0.570. The monoisotopic (exact) mass is 229 g/mol. The van der Waals surface area contributed by atoms with Crippen molar-refractivity contribution < 1.29 is 9.53 Å². The van der Waals surface area contributed by atoms with Crippen LogP contribution in [0.15, 0.2) is 0 Å². The number of esters is 1. The zero-order valence-corrected chi connectivity index (χ0v) is 11.3. The average molecular weight is 229 g/mol. The molecule has 0 aromatic rings. The largest absolute Gasteiger partial charge is 0.468 e. The van der Waals surface area contributed by atoms with E-state index in [-0.39, 0.29) is 5.97 Å². The van der Waals surface area contributed by atoms with Crippen molar-refractivity contribution in [1.29, 1.82) is 0 Å². The van der Waals surface area contributed by atoms with Gasteiger partial charge in [-0.2, -0.15) is 0 Å². The van der Waals surface area contributed by atoms with Crippen LogP contribution < -0.4 is 0 Å². The molecule has 0 rings (SSSR count). The fourth-order valence-corrected chi connectivity index (χ4v) is 1.67. The zero-order valence-electron chi connectivity index (χ0n) is 11.3. The van der Waals surface area contributed by atoms with Crippen LogP contribution in [-0.2, 0) is 9.53 Å². The van der Waals surface area contributed by atoms with Gasteiger partial charge in [0.1, 0.15) is 0 Å². The lowest BCUT2D eigenvalue weighted by Crippen LogP contribution is -2.36. The zero-order chi connectivity index (χ0) is 12.4. The van der Waals surface area contributed by atoms with Crippen molar-refractivity contribution in [3.8, 4) is 0 Å². The number of carbonyl (C=O) groups is 1. The minimum absolute atomic E-state index is 0.137. The van der Waals surface area contributed by atoms with Crippen LogP contribution in [0, 0.1) is 0 Å². The summed E-state index contributed by atoms with van der Waals surface area (Å²) in [5.74, 6) is -0.137. The molecule has 3 heteroatoms. The molecule has 0 aliphatic rings. The van der Waals surface area contributed by atoms with Crippen molar-refractivity contribution in [1.82, 2.24) is 4.90 Å². The molecule has 0 radical (unpaired) electrons. The molecule has 96 valence electrons. The first-order valence-corrected chi connectivity index (χ1v) is 6.42. The van der Waals surface area contributed by atoms with Gasteiger partial charge in [0.25, 0.3) is 0 Å². The molecule has 0 heterocycles. The van der Waals surface area contributed by atoms with Gasteiger partial charge in [-0.3, -0.25) is 9.69 Å². The molecular weight excluding hydrogens is 202 g/mol. The van der Waals surface area contributed by atoms with E-state index >= 15 is 0 Å². The van der Waals surface area contributed by atoms with Gasteiger partial charge < -0.3 is 4.74 Å². The first kappa shape index (κ1) is 15.4. The summed E-state index contributed by atoms with van der Waals surface area (Å²) < 4.78 is 4.70. The van der Waals surface area contributed by atoms with E-state index in [1.165, 1.54) is 39.2 Å². The second kappa shape index (κ2) is 9.64. The summed E-state index contributed by atoms with van der Waals surface area (Å²) in [5.41, 5.74) is 0. The SMILES string of the molecule is CCCCCCCN(CC(=O)OC)C(C)C. The van der Waals surface area contributed by atoms with Crippen LogP contribution in [0.5, 0.6) is 0 Å². The molecular formula is C13H27NO2. The van der Waals surface area contributed by atoms with E-state index in [1.807, 2.05) is 0 Å². The predicted molar refractivity (Wildman–Crippen MR) is 67.5 cm³/mol. The van der Waals surface area contributed by atoms with Crippen LogP contribution in [0.2, 0.25) is 0 Å². The van der Waals surface area contributed by atoms with Gasteiger partial charge in [-0.05, 0) is 26.8 Å². The van der Waals surface area contributed by atoms with Gasteiger partial charge in [-0.15, -0.1) is 0 Å². The highest BCUT2D eigenvalue weighted by molar-refractivity contribution is 5.71. The average Bonchev–Trinajstić information content (AvgIpc) is 2.26. The number of nitrogens with zero attached hydrogens (tertiary/aromatic N) is 1. The minimum atomic E-state index is -0.137. The maximum absolute atomic E-state index is 11.2. The molecule has 0 amide bonds. The molecule has 0 aliphatic carbocycles. The summed E-state index contributed by atoms with van der Waals surface area (Å²) in [6.07, 6.45) is 6.34. The lowest BCUT2D eigenvalue weighted by atomic mass is 10.1. The van der Waals surface area contributed by atoms with E-state index in [0.29, 0.717) is 12.6 Å². The molecule has 0 aromatic carbocycles. The Kier molecular flexibility index (Phi) is 9.30. The van der Waals surface area contributed by atoms with Crippen LogP contribution in [0.25, 0.3) is 0 Å². The maximum Gasteiger partial charge on any atom is 0.319 e. The van der Waals surface area contributed by atoms with Gasteiger partial charge in [0.2, 0.25) is 0 Å². The Morgan fingerprint density at radius 3 is 2.31 bits per heavy atom. The summed E-state index contributed by atoms with van der Waals surface area (Å²) in [6.45, 7) is 7.88. The van der Waals surface area contributed by atoms with E-state index in [2.05, 4.69) is 25.7 Å². The quantitative estimate of drug-likeness (QED) is 0.450. The summed E-state index contributed by atoms with van der Waals surface area (Å²) >= 11 is 0. The number of ether oxygens (including phenoxy) is 1. The van der Waals surface area contributed by atoms with Crippen LogP contribution in [0.4, 0.5) is 0 Å². The van der Waals surface area contributed by atoms with Crippen molar-refractivity contribution in [2.45, 2.75) is 58.9 Å². The predicted octanol–water partition coefficient (Wildman–Crippen LogP) is 2.84. The highest BCUT2D eigenvalue weighted by Gasteiger charge is 2.13. The standard InChI is InChI=1S/C13H27NO2/c1-5-6-7-8-9-10-14(12(2)3)11-13(15)16-4/h12H,5-11H2,1-4H3. The van der Waals surface area contributed by atoms with Crippen molar-refractivity contribution in [2.24, 2.45) is 0 Å². The van der Waals surface area contributed by atoms with Gasteiger partial charge >= 0.3 is 5.97 Å². The number of carbonyl (C=O) groups excluding carboxylic acids is 1. The van der Waals surface area contributed by atoms with Crippen LogP contribution in [-0.4, -0.2) is 37.1 Å². The van der Waals surface area contributed by atoms with Gasteiger partial charge in [-0.1, -0.05) is 32.6 Å². The summed E-state index contributed by atoms with van der Waals surface area (Å²) in [7, 11) is 1.45. The molecule has 0 N–H and O–H groups in total. The third kappa shape index (κ3) is 7.69. The normalized spacial score (nSPS) is 11.1. The van der Waals surface area contributed by atoms with E-state index in [4.69, 9.17) is 4.74 Å². The van der Waals surface area contributed by atoms with Gasteiger partial charge in [0.15, 0.2) is 0 Å². The third-order valence-electron chi connectivity index (χ3n) is 2.84. The van der Waals surface area contributed by atoms with Crippen molar-refractivity contribution in [3.05, 3.63) is 0 Å². The van der Waals surface area contributed by atoms with Gasteiger partial charge in [0, 0.05) is 6.04 Å². The Morgan fingerprint density at radius 2 is 1.81 bits per heavy atom. The fraction of sp³-hybridized carbons (Fsp3) is 0.923. The van der Waals surface area contributed by atoms with E-state index in [0.717, 1.165) is 6.54 Å². The molecule has 0 aliphatic heterocycles. The van der Waals surface area contributed by atoms with Crippen LogP contribution in [0.3, 0.4) is 0 Å². The Balaban J connectivity index is 3.73. The van der Waals surface area contributed by atoms with Crippen molar-refractivity contribution >= 4 is 5.97 Å². The summed E-state index contributed by atoms with van der Waals surface area (Å²) in [4.78, 5) is 13.4. The van der Waals surface area contributed by atoms with Crippen LogP contribution >= 0.6 is 0 Å². The number of hydrogen-bond donors (Lipinski definition) is 0. The van der Waals surface area contributed by atoms with E-state index in [1.54, 1.807) is 0 Å². The molecule has 0 atom stereocenters. The first-order chi connectivity index (χ1) is 7.61. The second-order valence-electron chi connectivity index (χ2n) is 4.55. The van der Waals surface area contributed by atoms with E-state index in [9.17, 15) is 4.79 Å². The van der Waals surface area contributed by atoms with Gasteiger partial charge in [-0.25, -0.2) is 0 Å². The molecule has 0 saturated heterocycles. The molecule has 0 saturated carbocycles. The molecule has 0 unspecified atom stereocenters. The molecule has 0 spiro atoms. The lowest BCUT2D eigenvalue weighted by molar-refractivity contribution is -0.142. The smallest absolute Gasteiger partial charge is 0.319 e. The fourth-order valence-electron chi connectivity index (χ4n) is 1.67. The summed E-state index contributed by atoms with van der Waals surface area (Å²) in [5, 5.41) is 0. The Morgan fingerprint density at radius 1 is 1.19 bits per heavy atom. The molecule has 3 nitrogen and oxygen atoms in total. The highest BCUT2D eigenvalue weighted by atomic mass is 16.5. The van der Waals surface area contributed by atoms with Crippen molar-refractivity contribution in [2.75, 3.05) is 20.2 Å². The minimum Gasteiger partial charge on any atom is -0.468 e. The molecule has 16 heavy (non-hydrogen) atoms. The van der Waals surface area contributed by atoms with E-state index < -0.39 is 0 Å². The van der Waals surface area contributed by atoms with Gasteiger partial charge in [0.05, 0.1) is 13.7 Å². The highest BCUT2D eigenvalue weighted by Crippen LogP contribution is 2.06. The Labute approximate surface area is 100 Å². The maximum atomic E-state index is 11.2. The number of methoxy groups -OCH3 is 1. The van der Waals surface area contributed by atoms with Crippen molar-refractivity contribution in [3.63, 3.8) is 0 Å². The second-order valence-corrected chi connectivity index (χ2v) is 4.55. The number of rotatable bonds is 9. The number of unbranched alkanes of at least 4 members (excludes halogenated alkanes) is 4. The molecule has 0 fully saturated rings. The number of hydrogen-bond acceptors (Lipinski definition) is 3. The molecule has 0 bridgehead atoms. The van der Waals surface area contributed by atoms with Crippen LogP contribution in [0.1, 0.15) is 52.9 Å². The topological polar surface area (TPSA) is 29.5 Å². The summed E-state index contributed by atoms with van der Waals surface area (Å²) in [6, 6.07) is 0.408. The third-order valence-corrected chi connectivity index (χ3v) is 2.84. The Bertz CT molecular complexity index is 181. The molecule has 0 aromatic heterocycles.